The van der Waals surface area contributed by atoms with Gasteiger partial charge in [0.2, 0.25) is 0 Å². The molecule has 0 amide bonds. The molecule has 3 nitrogen and oxygen atoms in total. The predicted molar refractivity (Wildman–Crippen MR) is 88.7 cm³/mol. The highest BCUT2D eigenvalue weighted by molar-refractivity contribution is 9.10. The highest BCUT2D eigenvalue weighted by Gasteiger charge is 2.12. The molecule has 0 atom stereocenters. The number of nitrogen functional groups attached to an aromatic ring is 1. The van der Waals surface area contributed by atoms with Crippen molar-refractivity contribution >= 4 is 39.1 Å². The minimum atomic E-state index is 0.0153. The molecule has 0 bridgehead atoms. The summed E-state index contributed by atoms with van der Waals surface area (Å²) in [6.07, 6.45) is 0. The van der Waals surface area contributed by atoms with Gasteiger partial charge in [-0.05, 0) is 29.8 Å². The first kappa shape index (κ1) is 14.9. The number of nitrogens with two attached hydrogens (primary N) is 1. The summed E-state index contributed by atoms with van der Waals surface area (Å²) in [4.78, 5) is 2.05. The van der Waals surface area contributed by atoms with Crippen LogP contribution < -0.4 is 10.6 Å². The number of rotatable bonds is 4. The Morgan fingerprint density at radius 2 is 2.00 bits per heavy atom. The monoisotopic (exact) mass is 351 g/mol. The predicted octanol–water partition coefficient (Wildman–Crippen LogP) is 4.02. The van der Waals surface area contributed by atoms with Gasteiger partial charge in [-0.3, -0.25) is 5.41 Å². The molecule has 2 aromatic rings. The maximum absolute atomic E-state index is 7.67. The average molecular weight is 353 g/mol. The third-order valence-electron chi connectivity index (χ3n) is 3.03. The fourth-order valence-electron chi connectivity index (χ4n) is 2.02. The van der Waals surface area contributed by atoms with E-state index < -0.39 is 0 Å². The second-order valence-electron chi connectivity index (χ2n) is 4.52. The molecule has 5 heteroatoms. The number of benzene rings is 2. The second-order valence-corrected chi connectivity index (χ2v) is 5.81. The van der Waals surface area contributed by atoms with Crippen LogP contribution in [0.5, 0.6) is 0 Å². The molecule has 2 rings (SSSR count). The van der Waals surface area contributed by atoms with Crippen molar-refractivity contribution in [3.63, 3.8) is 0 Å². The molecule has 0 aliphatic carbocycles. The zero-order valence-corrected chi connectivity index (χ0v) is 13.4. The van der Waals surface area contributed by atoms with Crippen LogP contribution in [0.15, 0.2) is 46.9 Å². The van der Waals surface area contributed by atoms with E-state index in [0.717, 1.165) is 10.2 Å². The van der Waals surface area contributed by atoms with Gasteiger partial charge in [-0.25, -0.2) is 0 Å². The summed E-state index contributed by atoms with van der Waals surface area (Å²) in [6, 6.07) is 13.5. The number of hydrogen-bond acceptors (Lipinski definition) is 2. The van der Waals surface area contributed by atoms with Gasteiger partial charge >= 0.3 is 0 Å². The molecule has 0 spiro atoms. The molecule has 0 saturated carbocycles. The summed E-state index contributed by atoms with van der Waals surface area (Å²) in [5.74, 6) is 0.0153. The first-order chi connectivity index (χ1) is 9.49. The number of nitrogens with zero attached hydrogens (tertiary/aromatic N) is 1. The molecular formula is C15H15BrClN3. The second kappa shape index (κ2) is 6.29. The topological polar surface area (TPSA) is 53.1 Å². The molecule has 3 N–H and O–H groups in total. The molecule has 20 heavy (non-hydrogen) atoms. The third-order valence-corrected chi connectivity index (χ3v) is 4.03. The van der Waals surface area contributed by atoms with Gasteiger partial charge in [0.05, 0.1) is 0 Å². The zero-order chi connectivity index (χ0) is 14.7. The molecule has 0 unspecified atom stereocenters. The molecule has 104 valence electrons. The molecule has 0 aromatic heterocycles. The maximum atomic E-state index is 7.67. The Morgan fingerprint density at radius 1 is 1.30 bits per heavy atom. The van der Waals surface area contributed by atoms with Crippen molar-refractivity contribution < 1.29 is 0 Å². The van der Waals surface area contributed by atoms with Crippen molar-refractivity contribution in [1.29, 1.82) is 5.41 Å². The van der Waals surface area contributed by atoms with Crippen LogP contribution in [0.3, 0.4) is 0 Å². The summed E-state index contributed by atoms with van der Waals surface area (Å²) >= 11 is 9.51. The van der Waals surface area contributed by atoms with Crippen LogP contribution >= 0.6 is 27.5 Å². The van der Waals surface area contributed by atoms with E-state index in [1.165, 1.54) is 5.56 Å². The number of nitrogens with one attached hydrogen (secondary N) is 1. The fourth-order valence-corrected chi connectivity index (χ4v) is 2.61. The first-order valence-corrected chi connectivity index (χ1v) is 7.24. The third kappa shape index (κ3) is 3.32. The van der Waals surface area contributed by atoms with Crippen LogP contribution in [0.25, 0.3) is 0 Å². The van der Waals surface area contributed by atoms with Crippen molar-refractivity contribution in [1.82, 2.24) is 0 Å². The van der Waals surface area contributed by atoms with E-state index in [1.54, 1.807) is 12.1 Å². The van der Waals surface area contributed by atoms with Gasteiger partial charge in [0.15, 0.2) is 0 Å². The standard InChI is InChI=1S/C15H15BrClN3/c1-20(9-10-4-2-3-5-13(10)16)14-7-6-11(17)8-12(14)15(18)19/h2-8H,9H2,1H3,(H3,18,19). The van der Waals surface area contributed by atoms with Gasteiger partial charge < -0.3 is 10.6 Å². The molecule has 0 aliphatic heterocycles. The SMILES string of the molecule is CN(Cc1ccccc1Br)c1ccc(Cl)cc1C(=N)N. The number of hydrogen-bond donors (Lipinski definition) is 2. The van der Waals surface area contributed by atoms with Crippen LogP contribution in [0.2, 0.25) is 5.02 Å². The molecule has 0 saturated heterocycles. The van der Waals surface area contributed by atoms with Gasteiger partial charge in [-0.15, -0.1) is 0 Å². The summed E-state index contributed by atoms with van der Waals surface area (Å²) < 4.78 is 1.06. The molecule has 2 aromatic carbocycles. The van der Waals surface area contributed by atoms with Crippen LogP contribution in [0, 0.1) is 5.41 Å². The zero-order valence-electron chi connectivity index (χ0n) is 11.0. The Hall–Kier alpha value is -1.52. The lowest BCUT2D eigenvalue weighted by molar-refractivity contribution is 0.916. The van der Waals surface area contributed by atoms with Crippen molar-refractivity contribution in [2.24, 2.45) is 5.73 Å². The van der Waals surface area contributed by atoms with Crippen molar-refractivity contribution in [3.05, 3.63) is 63.1 Å². The highest BCUT2D eigenvalue weighted by atomic mass is 79.9. The molecular weight excluding hydrogens is 338 g/mol. The van der Waals surface area contributed by atoms with Crippen LogP contribution in [-0.2, 0) is 6.54 Å². The quantitative estimate of drug-likeness (QED) is 0.645. The van der Waals surface area contributed by atoms with Gasteiger partial charge in [0.1, 0.15) is 5.84 Å². The Bertz CT molecular complexity index is 643. The van der Waals surface area contributed by atoms with Crippen molar-refractivity contribution in [3.8, 4) is 0 Å². The van der Waals surface area contributed by atoms with E-state index in [2.05, 4.69) is 22.0 Å². The normalized spacial score (nSPS) is 10.3. The van der Waals surface area contributed by atoms with E-state index in [9.17, 15) is 0 Å². The lowest BCUT2D eigenvalue weighted by Gasteiger charge is -2.23. The Morgan fingerprint density at radius 3 is 2.65 bits per heavy atom. The molecule has 0 aliphatic rings. The van der Waals surface area contributed by atoms with Gasteiger partial charge in [0.25, 0.3) is 0 Å². The Labute approximate surface area is 132 Å². The summed E-state index contributed by atoms with van der Waals surface area (Å²) in [6.45, 7) is 0.712. The lowest BCUT2D eigenvalue weighted by atomic mass is 10.1. The number of halogens is 2. The van der Waals surface area contributed by atoms with Crippen molar-refractivity contribution in [2.45, 2.75) is 6.54 Å². The summed E-state index contributed by atoms with van der Waals surface area (Å²) in [5, 5.41) is 8.25. The largest absolute Gasteiger partial charge is 0.384 e. The maximum Gasteiger partial charge on any atom is 0.124 e. The van der Waals surface area contributed by atoms with Gasteiger partial charge in [0, 0.05) is 34.3 Å². The Kier molecular flexibility index (Phi) is 4.68. The lowest BCUT2D eigenvalue weighted by Crippen LogP contribution is -2.22. The highest BCUT2D eigenvalue weighted by Crippen LogP contribution is 2.26. The average Bonchev–Trinajstić information content (AvgIpc) is 2.41. The van der Waals surface area contributed by atoms with E-state index in [-0.39, 0.29) is 5.84 Å². The molecule has 0 radical (unpaired) electrons. The van der Waals surface area contributed by atoms with E-state index in [0.29, 0.717) is 17.1 Å². The minimum Gasteiger partial charge on any atom is -0.384 e. The van der Waals surface area contributed by atoms with Crippen LogP contribution in [-0.4, -0.2) is 12.9 Å². The summed E-state index contributed by atoms with van der Waals surface area (Å²) in [5.41, 5.74) is 8.33. The fraction of sp³-hybridized carbons (Fsp3) is 0.133. The van der Waals surface area contributed by atoms with Gasteiger partial charge in [-0.2, -0.15) is 0 Å². The minimum absolute atomic E-state index is 0.0153. The molecule has 0 fully saturated rings. The van der Waals surface area contributed by atoms with Crippen LogP contribution in [0.1, 0.15) is 11.1 Å². The first-order valence-electron chi connectivity index (χ1n) is 6.07. The van der Waals surface area contributed by atoms with Crippen molar-refractivity contribution in [2.75, 3.05) is 11.9 Å². The van der Waals surface area contributed by atoms with E-state index in [1.807, 2.05) is 36.2 Å². The number of anilines is 1. The van der Waals surface area contributed by atoms with Crippen LogP contribution in [0.4, 0.5) is 5.69 Å². The van der Waals surface area contributed by atoms with Gasteiger partial charge in [-0.1, -0.05) is 45.7 Å². The number of amidine groups is 1. The van der Waals surface area contributed by atoms with E-state index in [4.69, 9.17) is 22.7 Å². The van der Waals surface area contributed by atoms with E-state index >= 15 is 0 Å². The summed E-state index contributed by atoms with van der Waals surface area (Å²) in [7, 11) is 1.97. The smallest absolute Gasteiger partial charge is 0.124 e. The Balaban J connectivity index is 2.32. The molecule has 0 heterocycles.